The van der Waals surface area contributed by atoms with Crippen LogP contribution in [-0.4, -0.2) is 37.3 Å². The van der Waals surface area contributed by atoms with Crippen molar-refractivity contribution in [2.75, 3.05) is 4.90 Å². The minimum atomic E-state index is -1.08. The van der Waals surface area contributed by atoms with Gasteiger partial charge in [0.05, 0.1) is 10.5 Å². The van der Waals surface area contributed by atoms with E-state index in [0.29, 0.717) is 23.0 Å². The van der Waals surface area contributed by atoms with Crippen LogP contribution in [0.4, 0.5) is 10.1 Å². The predicted octanol–water partition coefficient (Wildman–Crippen LogP) is 4.70. The van der Waals surface area contributed by atoms with E-state index in [2.05, 4.69) is 20.6 Å². The van der Waals surface area contributed by atoms with Gasteiger partial charge in [-0.05, 0) is 68.3 Å². The third-order valence-electron chi connectivity index (χ3n) is 6.03. The van der Waals surface area contributed by atoms with Gasteiger partial charge in [-0.2, -0.15) is 0 Å². The summed E-state index contributed by atoms with van der Waals surface area (Å²) < 4.78 is 15.5. The molecule has 0 spiro atoms. The molecule has 0 fully saturated rings. The Bertz CT molecular complexity index is 1390. The summed E-state index contributed by atoms with van der Waals surface area (Å²) in [6.07, 6.45) is 3.76. The molecule has 1 unspecified atom stereocenters. The van der Waals surface area contributed by atoms with Crippen LogP contribution in [0, 0.1) is 5.82 Å². The fourth-order valence-corrected chi connectivity index (χ4v) is 3.94. The van der Waals surface area contributed by atoms with Gasteiger partial charge < -0.3 is 5.32 Å². The van der Waals surface area contributed by atoms with Gasteiger partial charge in [0.1, 0.15) is 23.9 Å². The monoisotopic (exact) mass is 508 g/mol. The number of anilines is 1. The topological polar surface area (TPSA) is 93.0 Å². The van der Waals surface area contributed by atoms with Crippen molar-refractivity contribution >= 4 is 40.1 Å². The number of nitrogens with zero attached hydrogens (tertiary/aromatic N) is 5. The normalized spacial score (nSPS) is 12.4. The van der Waals surface area contributed by atoms with E-state index in [1.165, 1.54) is 27.8 Å². The van der Waals surface area contributed by atoms with Crippen molar-refractivity contribution in [2.45, 2.75) is 45.3 Å². The van der Waals surface area contributed by atoms with Crippen molar-refractivity contribution in [3.05, 3.63) is 83.4 Å². The van der Waals surface area contributed by atoms with E-state index in [1.807, 2.05) is 32.9 Å². The molecule has 2 aromatic heterocycles. The van der Waals surface area contributed by atoms with Gasteiger partial charge in [-0.15, -0.1) is 5.10 Å². The SMILES string of the molecule is CCC(C)(C)NC(=O)C(c1ccncc1)N(C(=O)Cn1nnc2ccccc21)c1ccc(F)c(Cl)c1. The van der Waals surface area contributed by atoms with Gasteiger partial charge in [-0.1, -0.05) is 35.9 Å². The minimum absolute atomic E-state index is 0.167. The average Bonchev–Trinajstić information content (AvgIpc) is 3.27. The van der Waals surface area contributed by atoms with Gasteiger partial charge in [-0.3, -0.25) is 19.5 Å². The zero-order valence-electron chi connectivity index (χ0n) is 20.2. The number of amides is 2. The smallest absolute Gasteiger partial charge is 0.249 e. The molecular weight excluding hydrogens is 483 g/mol. The predicted molar refractivity (Wildman–Crippen MR) is 136 cm³/mol. The lowest BCUT2D eigenvalue weighted by Gasteiger charge is -2.34. The maximum absolute atomic E-state index is 14.0. The number of rotatable bonds is 8. The second-order valence-corrected chi connectivity index (χ2v) is 9.41. The van der Waals surface area contributed by atoms with E-state index in [9.17, 15) is 14.0 Å². The molecule has 0 radical (unpaired) electrons. The fraction of sp³-hybridized carbons (Fsp3) is 0.269. The number of nitrogens with one attached hydrogen (secondary N) is 1. The van der Waals surface area contributed by atoms with Crippen molar-refractivity contribution in [2.24, 2.45) is 0 Å². The van der Waals surface area contributed by atoms with Gasteiger partial charge in [0, 0.05) is 23.6 Å². The van der Waals surface area contributed by atoms with Gasteiger partial charge >= 0.3 is 0 Å². The largest absolute Gasteiger partial charge is 0.349 e. The van der Waals surface area contributed by atoms with Crippen LogP contribution in [-0.2, 0) is 16.1 Å². The maximum Gasteiger partial charge on any atom is 0.249 e. The first-order valence-corrected chi connectivity index (χ1v) is 11.9. The zero-order valence-corrected chi connectivity index (χ0v) is 20.9. The quantitative estimate of drug-likeness (QED) is 0.372. The molecule has 0 saturated carbocycles. The Morgan fingerprint density at radius 3 is 2.56 bits per heavy atom. The number of benzene rings is 2. The van der Waals surface area contributed by atoms with Crippen molar-refractivity contribution in [3.63, 3.8) is 0 Å². The number of hydrogen-bond donors (Lipinski definition) is 1. The third kappa shape index (κ3) is 5.36. The number of aromatic nitrogens is 4. The fourth-order valence-electron chi connectivity index (χ4n) is 3.76. The van der Waals surface area contributed by atoms with E-state index >= 15 is 0 Å². The molecule has 0 saturated heterocycles. The lowest BCUT2D eigenvalue weighted by molar-refractivity contribution is -0.128. The number of halogens is 2. The summed E-state index contributed by atoms with van der Waals surface area (Å²) in [5, 5.41) is 11.1. The lowest BCUT2D eigenvalue weighted by Crippen LogP contribution is -2.51. The minimum Gasteiger partial charge on any atom is -0.349 e. The van der Waals surface area contributed by atoms with Gasteiger partial charge in [0.25, 0.3) is 0 Å². The van der Waals surface area contributed by atoms with Crippen molar-refractivity contribution < 1.29 is 14.0 Å². The summed E-state index contributed by atoms with van der Waals surface area (Å²) in [7, 11) is 0. The Morgan fingerprint density at radius 2 is 1.86 bits per heavy atom. The van der Waals surface area contributed by atoms with Crippen molar-refractivity contribution in [1.82, 2.24) is 25.3 Å². The Morgan fingerprint density at radius 1 is 1.14 bits per heavy atom. The molecule has 186 valence electrons. The van der Waals surface area contributed by atoms with Crippen LogP contribution >= 0.6 is 11.6 Å². The summed E-state index contributed by atoms with van der Waals surface area (Å²) in [4.78, 5) is 33.0. The van der Waals surface area contributed by atoms with Gasteiger partial charge in [0.2, 0.25) is 11.8 Å². The summed E-state index contributed by atoms with van der Waals surface area (Å²) >= 11 is 6.09. The molecule has 0 bridgehead atoms. The standard InChI is InChI=1S/C26H26ClFN6O2/c1-4-26(2,3)30-25(36)24(17-11-13-29-14-12-17)34(18-9-10-20(28)19(27)15-18)23(35)16-33-22-8-6-5-7-21(22)31-32-33/h5-15,24H,4,16H2,1-3H3,(H,30,36). The van der Waals surface area contributed by atoms with Crippen LogP contribution in [0.1, 0.15) is 38.8 Å². The Kier molecular flexibility index (Phi) is 7.30. The molecule has 1 N–H and O–H groups in total. The van der Waals surface area contributed by atoms with Crippen LogP contribution in [0.2, 0.25) is 5.02 Å². The molecule has 2 aromatic carbocycles. The number of carbonyl (C=O) groups is 2. The van der Waals surface area contributed by atoms with Crippen LogP contribution in [0.5, 0.6) is 0 Å². The molecule has 2 amide bonds. The molecule has 4 rings (SSSR count). The molecule has 2 heterocycles. The van der Waals surface area contributed by atoms with Gasteiger partial charge in [-0.25, -0.2) is 9.07 Å². The molecule has 8 nitrogen and oxygen atoms in total. The molecule has 36 heavy (non-hydrogen) atoms. The van der Waals surface area contributed by atoms with Crippen LogP contribution in [0.15, 0.2) is 67.0 Å². The number of pyridine rings is 1. The highest BCUT2D eigenvalue weighted by molar-refractivity contribution is 6.31. The zero-order chi connectivity index (χ0) is 25.9. The molecular formula is C26H26ClFN6O2. The summed E-state index contributed by atoms with van der Waals surface area (Å²) in [5.74, 6) is -1.49. The highest BCUT2D eigenvalue weighted by Gasteiger charge is 2.35. The van der Waals surface area contributed by atoms with Crippen molar-refractivity contribution in [3.8, 4) is 0 Å². The maximum atomic E-state index is 14.0. The lowest BCUT2D eigenvalue weighted by atomic mass is 9.98. The average molecular weight is 509 g/mol. The molecule has 0 aliphatic carbocycles. The van der Waals surface area contributed by atoms with E-state index in [1.54, 1.807) is 36.7 Å². The first-order chi connectivity index (χ1) is 17.2. The summed E-state index contributed by atoms with van der Waals surface area (Å²) in [6.45, 7) is 5.55. The van der Waals surface area contributed by atoms with E-state index < -0.39 is 29.2 Å². The Hall–Kier alpha value is -3.85. The molecule has 1 atom stereocenters. The molecule has 4 aromatic rings. The van der Waals surface area contributed by atoms with E-state index in [0.717, 1.165) is 0 Å². The highest BCUT2D eigenvalue weighted by atomic mass is 35.5. The molecule has 0 aliphatic rings. The molecule has 0 aliphatic heterocycles. The second-order valence-electron chi connectivity index (χ2n) is 9.01. The van der Waals surface area contributed by atoms with Crippen LogP contribution < -0.4 is 10.2 Å². The summed E-state index contributed by atoms with van der Waals surface area (Å²) in [5.41, 5.74) is 1.57. The van der Waals surface area contributed by atoms with Crippen LogP contribution in [0.25, 0.3) is 11.0 Å². The first kappa shape index (κ1) is 25.2. The Balaban J connectivity index is 1.82. The number of carbonyl (C=O) groups excluding carboxylic acids is 2. The van der Waals surface area contributed by atoms with Crippen molar-refractivity contribution in [1.29, 1.82) is 0 Å². The van der Waals surface area contributed by atoms with E-state index in [4.69, 9.17) is 11.6 Å². The first-order valence-electron chi connectivity index (χ1n) is 11.5. The Labute approximate surface area is 213 Å². The molecule has 10 heteroatoms. The number of fused-ring (bicyclic) bond motifs is 1. The summed E-state index contributed by atoms with van der Waals surface area (Å²) in [6, 6.07) is 13.4. The third-order valence-corrected chi connectivity index (χ3v) is 6.32. The van der Waals surface area contributed by atoms with E-state index in [-0.39, 0.29) is 17.3 Å². The second kappa shape index (κ2) is 10.4. The highest BCUT2D eigenvalue weighted by Crippen LogP contribution is 2.32. The van der Waals surface area contributed by atoms with Crippen LogP contribution in [0.3, 0.4) is 0 Å². The number of para-hydroxylation sites is 1. The van der Waals surface area contributed by atoms with Gasteiger partial charge in [0.15, 0.2) is 0 Å². The number of hydrogen-bond acceptors (Lipinski definition) is 5.